The Morgan fingerprint density at radius 3 is 2.63 bits per heavy atom. The van der Waals surface area contributed by atoms with Gasteiger partial charge in [-0.15, -0.1) is 0 Å². The number of primary amides is 1. The van der Waals surface area contributed by atoms with Crippen LogP contribution in [0.1, 0.15) is 18.4 Å². The summed E-state index contributed by atoms with van der Waals surface area (Å²) in [7, 11) is -3.78. The quantitative estimate of drug-likeness (QED) is 0.514. The SMILES string of the molecule is Cc1cc(F)c(N)cc1S(=O)(=O)NCCCC(N)=O. The summed E-state index contributed by atoms with van der Waals surface area (Å²) in [6.45, 7) is 1.54. The molecule has 0 aliphatic carbocycles. The average molecular weight is 289 g/mol. The van der Waals surface area contributed by atoms with Crippen molar-refractivity contribution in [2.45, 2.75) is 24.7 Å². The minimum atomic E-state index is -3.78. The fourth-order valence-electron chi connectivity index (χ4n) is 1.50. The van der Waals surface area contributed by atoms with Crippen molar-refractivity contribution in [1.29, 1.82) is 0 Å². The van der Waals surface area contributed by atoms with Gasteiger partial charge in [-0.2, -0.15) is 0 Å². The number of anilines is 1. The van der Waals surface area contributed by atoms with E-state index in [-0.39, 0.29) is 29.1 Å². The van der Waals surface area contributed by atoms with Gasteiger partial charge in [-0.3, -0.25) is 4.79 Å². The summed E-state index contributed by atoms with van der Waals surface area (Å²) in [4.78, 5) is 10.4. The van der Waals surface area contributed by atoms with E-state index in [1.54, 1.807) is 0 Å². The number of nitrogens with one attached hydrogen (secondary N) is 1. The van der Waals surface area contributed by atoms with Crippen molar-refractivity contribution in [2.75, 3.05) is 12.3 Å². The number of hydrogen-bond donors (Lipinski definition) is 3. The standard InChI is InChI=1S/C11H16FN3O3S/c1-7-5-8(12)9(13)6-10(7)19(17,18)15-4-2-3-11(14)16/h5-6,15H,2-4,13H2,1H3,(H2,14,16). The number of benzene rings is 1. The molecule has 1 amide bonds. The lowest BCUT2D eigenvalue weighted by molar-refractivity contribution is -0.118. The van der Waals surface area contributed by atoms with E-state index in [0.29, 0.717) is 6.42 Å². The Bertz CT molecular complexity index is 587. The Labute approximate surface area is 111 Å². The molecule has 0 aliphatic heterocycles. The first kappa shape index (κ1) is 15.4. The number of amides is 1. The molecule has 106 valence electrons. The summed E-state index contributed by atoms with van der Waals surface area (Å²) in [6, 6.07) is 2.13. The van der Waals surface area contributed by atoms with E-state index in [2.05, 4.69) is 4.72 Å². The Balaban J connectivity index is 2.83. The van der Waals surface area contributed by atoms with E-state index in [0.717, 1.165) is 12.1 Å². The van der Waals surface area contributed by atoms with Crippen molar-refractivity contribution >= 4 is 21.6 Å². The second-order valence-electron chi connectivity index (χ2n) is 4.11. The van der Waals surface area contributed by atoms with Crippen LogP contribution >= 0.6 is 0 Å². The number of sulfonamides is 1. The number of halogens is 1. The normalized spacial score (nSPS) is 11.5. The molecule has 1 rings (SSSR count). The summed E-state index contributed by atoms with van der Waals surface area (Å²) in [5.41, 5.74) is 10.3. The zero-order chi connectivity index (χ0) is 14.6. The Morgan fingerprint density at radius 2 is 2.05 bits per heavy atom. The van der Waals surface area contributed by atoms with Gasteiger partial charge in [0.1, 0.15) is 5.82 Å². The molecule has 0 fully saturated rings. The number of nitrogens with two attached hydrogens (primary N) is 2. The van der Waals surface area contributed by atoms with E-state index in [9.17, 15) is 17.6 Å². The molecule has 6 nitrogen and oxygen atoms in total. The monoisotopic (exact) mass is 289 g/mol. The Kier molecular flexibility index (Phi) is 4.84. The highest BCUT2D eigenvalue weighted by atomic mass is 32.2. The largest absolute Gasteiger partial charge is 0.396 e. The number of hydrogen-bond acceptors (Lipinski definition) is 4. The molecule has 0 radical (unpaired) electrons. The molecular weight excluding hydrogens is 273 g/mol. The Morgan fingerprint density at radius 1 is 1.42 bits per heavy atom. The first-order chi connectivity index (χ1) is 8.74. The molecule has 1 aromatic rings. The number of carbonyl (C=O) groups excluding carboxylic acids is 1. The molecule has 8 heteroatoms. The van der Waals surface area contributed by atoms with Crippen LogP contribution in [0.3, 0.4) is 0 Å². The third-order valence-electron chi connectivity index (χ3n) is 2.48. The number of aryl methyl sites for hydroxylation is 1. The maximum absolute atomic E-state index is 13.2. The molecular formula is C11H16FN3O3S. The molecule has 0 bridgehead atoms. The van der Waals surface area contributed by atoms with Crippen molar-refractivity contribution in [1.82, 2.24) is 4.72 Å². The van der Waals surface area contributed by atoms with Gasteiger partial charge in [0.25, 0.3) is 0 Å². The van der Waals surface area contributed by atoms with E-state index in [1.165, 1.54) is 6.92 Å². The molecule has 0 unspecified atom stereocenters. The van der Waals surface area contributed by atoms with Crippen molar-refractivity contribution in [3.63, 3.8) is 0 Å². The molecule has 0 heterocycles. The molecule has 1 aromatic carbocycles. The maximum atomic E-state index is 13.2. The van der Waals surface area contributed by atoms with Gasteiger partial charge in [0.15, 0.2) is 0 Å². The summed E-state index contributed by atoms with van der Waals surface area (Å²) >= 11 is 0. The van der Waals surface area contributed by atoms with E-state index < -0.39 is 21.7 Å². The first-order valence-electron chi connectivity index (χ1n) is 5.57. The van der Waals surface area contributed by atoms with E-state index in [1.807, 2.05) is 0 Å². The van der Waals surface area contributed by atoms with Crippen LogP contribution in [0.15, 0.2) is 17.0 Å². The van der Waals surface area contributed by atoms with Crippen molar-refractivity contribution in [3.05, 3.63) is 23.5 Å². The highest BCUT2D eigenvalue weighted by Crippen LogP contribution is 2.21. The number of nitrogen functional groups attached to an aromatic ring is 1. The zero-order valence-corrected chi connectivity index (χ0v) is 11.3. The van der Waals surface area contributed by atoms with Gasteiger partial charge in [-0.05, 0) is 31.0 Å². The highest BCUT2D eigenvalue weighted by molar-refractivity contribution is 7.89. The predicted molar refractivity (Wildman–Crippen MR) is 69.2 cm³/mol. The van der Waals surface area contributed by atoms with Crippen LogP contribution in [0.5, 0.6) is 0 Å². The lowest BCUT2D eigenvalue weighted by atomic mass is 10.2. The van der Waals surface area contributed by atoms with Gasteiger partial charge >= 0.3 is 0 Å². The van der Waals surface area contributed by atoms with Crippen molar-refractivity contribution < 1.29 is 17.6 Å². The number of rotatable bonds is 6. The molecule has 0 saturated carbocycles. The van der Waals surface area contributed by atoms with E-state index >= 15 is 0 Å². The maximum Gasteiger partial charge on any atom is 0.240 e. The molecule has 19 heavy (non-hydrogen) atoms. The van der Waals surface area contributed by atoms with E-state index in [4.69, 9.17) is 11.5 Å². The van der Waals surface area contributed by atoms with Crippen LogP contribution in [0.2, 0.25) is 0 Å². The highest BCUT2D eigenvalue weighted by Gasteiger charge is 2.18. The smallest absolute Gasteiger partial charge is 0.240 e. The summed E-state index contributed by atoms with van der Waals surface area (Å²) in [6.07, 6.45) is 0.386. The molecule has 0 atom stereocenters. The van der Waals surface area contributed by atoms with Gasteiger partial charge in [0.2, 0.25) is 15.9 Å². The fraction of sp³-hybridized carbons (Fsp3) is 0.364. The number of carbonyl (C=O) groups is 1. The minimum Gasteiger partial charge on any atom is -0.396 e. The lowest BCUT2D eigenvalue weighted by Crippen LogP contribution is -2.26. The zero-order valence-electron chi connectivity index (χ0n) is 10.4. The molecule has 0 saturated heterocycles. The molecule has 0 spiro atoms. The lowest BCUT2D eigenvalue weighted by Gasteiger charge is -2.10. The van der Waals surface area contributed by atoms with Gasteiger partial charge in [0, 0.05) is 13.0 Å². The van der Waals surface area contributed by atoms with Gasteiger partial charge < -0.3 is 11.5 Å². The van der Waals surface area contributed by atoms with Crippen LogP contribution in [-0.4, -0.2) is 20.9 Å². The Hall–Kier alpha value is -1.67. The topological polar surface area (TPSA) is 115 Å². The molecule has 5 N–H and O–H groups in total. The second-order valence-corrected chi connectivity index (χ2v) is 5.84. The van der Waals surface area contributed by atoms with Gasteiger partial charge in [-0.25, -0.2) is 17.5 Å². The fourth-order valence-corrected chi connectivity index (χ4v) is 2.84. The summed E-state index contributed by atoms with van der Waals surface area (Å²) in [5, 5.41) is 0. The van der Waals surface area contributed by atoms with Crippen LogP contribution in [0.25, 0.3) is 0 Å². The first-order valence-corrected chi connectivity index (χ1v) is 7.06. The van der Waals surface area contributed by atoms with Crippen molar-refractivity contribution in [2.24, 2.45) is 5.73 Å². The van der Waals surface area contributed by atoms with Gasteiger partial charge in [0.05, 0.1) is 10.6 Å². The summed E-state index contributed by atoms with van der Waals surface area (Å²) < 4.78 is 39.4. The molecule has 0 aromatic heterocycles. The van der Waals surface area contributed by atoms with Gasteiger partial charge in [-0.1, -0.05) is 0 Å². The predicted octanol–water partition coefficient (Wildman–Crippen LogP) is 0.260. The molecule has 0 aliphatic rings. The third kappa shape index (κ3) is 4.18. The summed E-state index contributed by atoms with van der Waals surface area (Å²) in [5.74, 6) is -1.16. The second kappa shape index (κ2) is 5.98. The average Bonchev–Trinajstić information content (AvgIpc) is 2.29. The van der Waals surface area contributed by atoms with Crippen molar-refractivity contribution in [3.8, 4) is 0 Å². The van der Waals surface area contributed by atoms with Crippen LogP contribution in [0.4, 0.5) is 10.1 Å². The third-order valence-corrected chi connectivity index (χ3v) is 4.08. The van der Waals surface area contributed by atoms with Crippen LogP contribution < -0.4 is 16.2 Å². The van der Waals surface area contributed by atoms with Crippen LogP contribution in [0, 0.1) is 12.7 Å². The van der Waals surface area contributed by atoms with Crippen LogP contribution in [-0.2, 0) is 14.8 Å². The minimum absolute atomic E-state index is 0.0714.